The average Bonchev–Trinajstić information content (AvgIpc) is 1.61. The summed E-state index contributed by atoms with van der Waals surface area (Å²) in [7, 11) is 2.60. The Hall–Kier alpha value is -7.33. The van der Waals surface area contributed by atoms with E-state index >= 15 is 0 Å². The van der Waals surface area contributed by atoms with Crippen LogP contribution in [0.25, 0.3) is 0 Å². The van der Waals surface area contributed by atoms with Crippen molar-refractivity contribution in [3.8, 4) is 0 Å². The first kappa shape index (κ1) is 111. The van der Waals surface area contributed by atoms with Crippen LogP contribution in [-0.4, -0.2) is 119 Å². The first-order valence-corrected chi connectivity index (χ1v) is 39.5. The fraction of sp³-hybridized carbons (Fsp3) is 0.441. The number of hydrogen-bond acceptors (Lipinski definition) is 14. The molecule has 7 aromatic rings. The van der Waals surface area contributed by atoms with Crippen molar-refractivity contribution < 1.29 is 142 Å². The van der Waals surface area contributed by atoms with Gasteiger partial charge in [0.1, 0.15) is 24.3 Å². The monoisotopic (exact) mass is 1790 g/mol. The molecule has 4 heterocycles. The number of nitrogens with one attached hydrogen (secondary N) is 4. The van der Waals surface area contributed by atoms with E-state index in [9.17, 15) is 47.3 Å². The number of rotatable bonds is 20. The number of aryl methyl sites for hydroxylation is 2. The number of imide groups is 2. The largest absolute Gasteiger partial charge is 0.478 e. The molecule has 11 rings (SSSR count). The Morgan fingerprint density at radius 2 is 0.847 bits per heavy atom. The quantitative estimate of drug-likeness (QED) is 0.0241. The van der Waals surface area contributed by atoms with Crippen molar-refractivity contribution in [2.24, 2.45) is 50.4 Å². The molecule has 7 atom stereocenters. The van der Waals surface area contributed by atoms with Crippen LogP contribution in [0, 0.1) is 133 Å². The van der Waals surface area contributed by atoms with Crippen LogP contribution in [0.3, 0.4) is 0 Å². The SMILES string of the molecule is C.C.CC(C)(C)C.CC(C)C(=O)NF.CC[C@H](C)[C@H](C)C1=N[C@@H](Cc2ccccc2)CO1.CONC(=O)C(C)(C)N1C(=O)c2ccccc2C1=O.CONC(=O)C(C)(Cc1ccc(C)cc1)N1C(=O)c2ccccc2C1=O.C[C@@H](Cc1ccccc1)C(=O)NF.C[C@H](C1=N[C@@H](Cc2ccccc2)CO1)C(C)(C)C.Cc1ccc(I)cc1.[Ar].[Ar]. The number of fused-ring (bicyclic) bond motifs is 2. The normalized spacial score (nSPS) is 15.4. The van der Waals surface area contributed by atoms with Crippen molar-refractivity contribution in [2.45, 2.75) is 202 Å². The first-order chi connectivity index (χ1) is 53.7. The van der Waals surface area contributed by atoms with Crippen molar-refractivity contribution >= 4 is 81.6 Å². The minimum absolute atomic E-state index is 0. The molecule has 0 spiro atoms. The van der Waals surface area contributed by atoms with Crippen LogP contribution in [0.4, 0.5) is 8.96 Å². The van der Waals surface area contributed by atoms with Gasteiger partial charge < -0.3 is 9.47 Å². The van der Waals surface area contributed by atoms with Gasteiger partial charge in [0.05, 0.1) is 48.6 Å². The van der Waals surface area contributed by atoms with Gasteiger partial charge in [-0.05, 0) is 152 Å². The predicted octanol–water partition coefficient (Wildman–Crippen LogP) is 18.9. The van der Waals surface area contributed by atoms with Crippen LogP contribution >= 0.6 is 22.6 Å². The van der Waals surface area contributed by atoms with Gasteiger partial charge in [0.2, 0.25) is 5.91 Å². The molecule has 20 nitrogen and oxygen atoms in total. The van der Waals surface area contributed by atoms with Gasteiger partial charge in [-0.25, -0.2) is 20.9 Å². The van der Waals surface area contributed by atoms with Crippen molar-refractivity contribution in [3.63, 3.8) is 0 Å². The number of hydrogen-bond donors (Lipinski definition) is 4. The zero-order chi connectivity index (χ0) is 85.3. The summed E-state index contributed by atoms with van der Waals surface area (Å²) in [6.07, 6.45) is 3.87. The second-order valence-electron chi connectivity index (χ2n) is 32.2. The zero-order valence-electron chi connectivity index (χ0n) is 70.9. The fourth-order valence-corrected chi connectivity index (χ4v) is 11.7. The average molecular weight is 1790 g/mol. The van der Waals surface area contributed by atoms with E-state index in [1.807, 2.05) is 73.7 Å². The van der Waals surface area contributed by atoms with E-state index in [-0.39, 0.29) is 120 Å². The molecule has 1 unspecified atom stereocenters. The molecule has 0 fully saturated rings. The van der Waals surface area contributed by atoms with E-state index in [1.54, 1.807) is 76.2 Å². The van der Waals surface area contributed by atoms with Gasteiger partial charge in [0, 0.05) is 109 Å². The standard InChI is InChI=1S/C20H20N2O4.2C16H23NO.C13H14N2O4.C10H12FNO.C7H7I.C5H12.C4H8FNO.2CH4.2Ar/c1-13-8-10-14(11-9-13)12-20(2,19(25)21-26-3)22-17(23)15-6-4-5-7-16(15)18(22)24;1-12(16(2,3)4)15-17-14(11-18-15)10-13-8-6-5-7-9-13;1-4-12(2)13(3)16-17-15(11-18-16)10-14-8-6-5-7-9-14;1-13(2,12(18)14-19-3)15-10(16)8-6-4-5-7-9(8)11(15)17;1-8(10(13)12-11)7-9-5-3-2-4-6-9;1-6-2-4-7(8)5-3-6;1-5(2,3)4;1-3(2)4(7)6-5;;;;/h4-11H,12H2,1-3H3,(H,21,25);5-9,12,14H,10-11H2,1-4H3;5-9,12-13,15H,4,10-11H2,1-3H3;4-7H,1-3H3,(H,14,18);2-6,8H,7H2,1H3,(H,12,13);2-5H,1H3;1-4H3;3H,1-2H3,(H,6,7);2*1H4;;/t;12-,14+;12-,13-,15-;;8-;;;;;;;/m.10.0......./s1. The Morgan fingerprint density at radius 3 is 1.19 bits per heavy atom. The van der Waals surface area contributed by atoms with E-state index in [0.717, 1.165) is 75.4 Å². The van der Waals surface area contributed by atoms with Gasteiger partial charge in [0.25, 0.3) is 41.4 Å². The maximum atomic E-state index is 12.9. The molecule has 0 radical (unpaired) electrons. The third kappa shape index (κ3) is 35.8. The number of aliphatic imine (C=N–C) groups is 2. The van der Waals surface area contributed by atoms with E-state index in [4.69, 9.17) is 24.3 Å². The van der Waals surface area contributed by atoms with Crippen LogP contribution in [0.5, 0.6) is 0 Å². The van der Waals surface area contributed by atoms with Crippen molar-refractivity contribution in [1.82, 2.24) is 31.8 Å². The molecule has 0 aromatic heterocycles. The van der Waals surface area contributed by atoms with E-state index in [1.165, 1.54) is 54.7 Å². The molecular formula is C93H127Ar2F2IN8O12. The summed E-state index contributed by atoms with van der Waals surface area (Å²) in [5.74, 6) is -1.41. The van der Waals surface area contributed by atoms with Gasteiger partial charge >= 0.3 is 0 Å². The molecule has 648 valence electrons. The Labute approximate surface area is 774 Å². The minimum atomic E-state index is -1.43. The fourth-order valence-electron chi connectivity index (χ4n) is 11.3. The molecule has 4 aliphatic heterocycles. The summed E-state index contributed by atoms with van der Waals surface area (Å²) in [6, 6.07) is 60.3. The van der Waals surface area contributed by atoms with Crippen molar-refractivity contribution in [2.75, 3.05) is 27.4 Å². The maximum Gasteiger partial charge on any atom is 0.270 e. The summed E-state index contributed by atoms with van der Waals surface area (Å²) in [4.78, 5) is 117. The van der Waals surface area contributed by atoms with Crippen LogP contribution in [0.15, 0.2) is 198 Å². The molecule has 0 saturated carbocycles. The van der Waals surface area contributed by atoms with E-state index in [2.05, 4.69) is 194 Å². The van der Waals surface area contributed by atoms with Crippen LogP contribution in [0.1, 0.15) is 214 Å². The molecular weight excluding hydrogens is 1670 g/mol. The number of carbonyl (C=O) groups is 8. The molecule has 25 heteroatoms. The van der Waals surface area contributed by atoms with Gasteiger partial charge in [-0.3, -0.25) is 57.8 Å². The summed E-state index contributed by atoms with van der Waals surface area (Å²) < 4.78 is 35.6. The molecule has 7 aromatic carbocycles. The molecule has 0 saturated heterocycles. The zero-order valence-corrected chi connectivity index (χ0v) is 74.5. The Morgan fingerprint density at radius 1 is 0.500 bits per heavy atom. The van der Waals surface area contributed by atoms with Crippen LogP contribution < -0.4 is 22.0 Å². The minimum Gasteiger partial charge on any atom is -0.478 e. The number of nitrogens with zero attached hydrogens (tertiary/aromatic N) is 4. The third-order valence-corrected chi connectivity index (χ3v) is 19.7. The molecule has 0 bridgehead atoms. The second kappa shape index (κ2) is 54.1. The summed E-state index contributed by atoms with van der Waals surface area (Å²) in [5, 5.41) is 0. The summed E-state index contributed by atoms with van der Waals surface area (Å²) >= 11 is 2.30. The Balaban J connectivity index is 0.00000137. The topological polar surface area (TPSA) is 253 Å². The van der Waals surface area contributed by atoms with Gasteiger partial charge in [-0.2, -0.15) is 11.1 Å². The van der Waals surface area contributed by atoms with Crippen molar-refractivity contribution in [3.05, 3.63) is 247 Å². The predicted molar refractivity (Wildman–Crippen MR) is 469 cm³/mol. The summed E-state index contributed by atoms with van der Waals surface area (Å²) in [6.45, 7) is 39.4. The molecule has 118 heavy (non-hydrogen) atoms. The van der Waals surface area contributed by atoms with Gasteiger partial charge in [-0.15, -0.1) is 8.96 Å². The number of amides is 8. The molecule has 4 aliphatic rings. The first-order valence-electron chi connectivity index (χ1n) is 38.4. The number of carbonyl (C=O) groups excluding carboxylic acids is 8. The number of benzene rings is 7. The van der Waals surface area contributed by atoms with Crippen molar-refractivity contribution in [1.29, 1.82) is 0 Å². The van der Waals surface area contributed by atoms with Crippen LogP contribution in [-0.2, 0) is 64.0 Å². The number of halogens is 3. The third-order valence-electron chi connectivity index (χ3n) is 18.9. The van der Waals surface area contributed by atoms with Gasteiger partial charge in [-0.1, -0.05) is 281 Å². The Bertz CT molecular complexity index is 4210. The van der Waals surface area contributed by atoms with E-state index in [0.29, 0.717) is 57.9 Å². The number of hydroxylamine groups is 2. The van der Waals surface area contributed by atoms with E-state index < -0.39 is 58.3 Å². The number of ether oxygens (including phenoxy) is 2. The second-order valence-corrected chi connectivity index (χ2v) is 33.5. The molecule has 8 amide bonds. The molecule has 4 N–H and O–H groups in total. The maximum absolute atomic E-state index is 12.9. The van der Waals surface area contributed by atoms with Crippen LogP contribution in [0.2, 0.25) is 0 Å². The molecule has 0 aliphatic carbocycles. The van der Waals surface area contributed by atoms with Gasteiger partial charge in [0.15, 0.2) is 11.8 Å². The Kier molecular flexibility index (Phi) is 50.8. The summed E-state index contributed by atoms with van der Waals surface area (Å²) in [5.41, 5.74) is 12.7. The smallest absolute Gasteiger partial charge is 0.270 e.